The molecule has 0 N–H and O–H groups in total. The van der Waals surface area contributed by atoms with Gasteiger partial charge in [0.05, 0.1) is 26.0 Å². The maximum atomic E-state index is 11.9. The standard InChI is InChI=1S/C17H25NO3/c1-12(19)13-10-14(17(2,3)4)16(20-5)15(11-13)18-6-8-21-9-7-18/h10-11H,6-9H2,1-5H3. The van der Waals surface area contributed by atoms with E-state index in [1.165, 1.54) is 0 Å². The van der Waals surface area contributed by atoms with Crippen LogP contribution in [0, 0.1) is 0 Å². The number of carbonyl (C=O) groups is 1. The normalized spacial score (nSPS) is 16.0. The first-order chi connectivity index (χ1) is 9.84. The zero-order valence-corrected chi connectivity index (χ0v) is 13.7. The lowest BCUT2D eigenvalue weighted by Crippen LogP contribution is -2.36. The molecule has 0 radical (unpaired) electrons. The highest BCUT2D eigenvalue weighted by atomic mass is 16.5. The van der Waals surface area contributed by atoms with E-state index in [0.29, 0.717) is 13.2 Å². The second-order valence-corrected chi connectivity index (χ2v) is 6.48. The Morgan fingerprint density at radius 3 is 2.33 bits per heavy atom. The van der Waals surface area contributed by atoms with Gasteiger partial charge in [-0.1, -0.05) is 20.8 Å². The Balaban J connectivity index is 2.60. The minimum atomic E-state index is -0.0855. The van der Waals surface area contributed by atoms with Gasteiger partial charge in [-0.2, -0.15) is 0 Å². The molecule has 1 saturated heterocycles. The smallest absolute Gasteiger partial charge is 0.159 e. The first-order valence-electron chi connectivity index (χ1n) is 7.40. The maximum absolute atomic E-state index is 11.9. The van der Waals surface area contributed by atoms with Gasteiger partial charge in [-0.25, -0.2) is 0 Å². The molecule has 0 spiro atoms. The molecule has 2 rings (SSSR count). The molecule has 1 aromatic carbocycles. The van der Waals surface area contributed by atoms with Gasteiger partial charge in [-0.05, 0) is 24.5 Å². The summed E-state index contributed by atoms with van der Waals surface area (Å²) in [6, 6.07) is 3.91. The van der Waals surface area contributed by atoms with E-state index < -0.39 is 0 Å². The van der Waals surface area contributed by atoms with Gasteiger partial charge >= 0.3 is 0 Å². The zero-order chi connectivity index (χ0) is 15.6. The van der Waals surface area contributed by atoms with Gasteiger partial charge in [0.1, 0.15) is 5.75 Å². The van der Waals surface area contributed by atoms with Crippen molar-refractivity contribution < 1.29 is 14.3 Å². The Kier molecular flexibility index (Phi) is 4.57. The number of carbonyl (C=O) groups excluding carboxylic acids is 1. The predicted molar refractivity (Wildman–Crippen MR) is 84.7 cm³/mol. The number of nitrogens with zero attached hydrogens (tertiary/aromatic N) is 1. The molecule has 1 aliphatic heterocycles. The lowest BCUT2D eigenvalue weighted by molar-refractivity contribution is 0.101. The molecule has 0 atom stereocenters. The Bertz CT molecular complexity index is 526. The van der Waals surface area contributed by atoms with Crippen molar-refractivity contribution >= 4 is 11.5 Å². The van der Waals surface area contributed by atoms with Crippen molar-refractivity contribution in [3.8, 4) is 5.75 Å². The van der Waals surface area contributed by atoms with Crippen molar-refractivity contribution in [2.45, 2.75) is 33.1 Å². The van der Waals surface area contributed by atoms with Crippen LogP contribution in [-0.2, 0) is 10.2 Å². The van der Waals surface area contributed by atoms with Gasteiger partial charge in [0.25, 0.3) is 0 Å². The van der Waals surface area contributed by atoms with Crippen LogP contribution in [0.25, 0.3) is 0 Å². The number of ketones is 1. The number of ether oxygens (including phenoxy) is 2. The average Bonchev–Trinajstić information content (AvgIpc) is 2.45. The SMILES string of the molecule is COc1c(N2CCOCC2)cc(C(C)=O)cc1C(C)(C)C. The summed E-state index contributed by atoms with van der Waals surface area (Å²) in [7, 11) is 1.70. The van der Waals surface area contributed by atoms with E-state index in [9.17, 15) is 4.79 Å². The lowest BCUT2D eigenvalue weighted by Gasteiger charge is -2.33. The van der Waals surface area contributed by atoms with E-state index in [1.54, 1.807) is 14.0 Å². The van der Waals surface area contributed by atoms with Gasteiger partial charge in [0, 0.05) is 24.2 Å². The minimum Gasteiger partial charge on any atom is -0.494 e. The van der Waals surface area contributed by atoms with Crippen molar-refractivity contribution in [3.05, 3.63) is 23.3 Å². The fraction of sp³-hybridized carbons (Fsp3) is 0.588. The second-order valence-electron chi connectivity index (χ2n) is 6.48. The zero-order valence-electron chi connectivity index (χ0n) is 13.7. The monoisotopic (exact) mass is 291 g/mol. The van der Waals surface area contributed by atoms with Crippen LogP contribution in [0.3, 0.4) is 0 Å². The quantitative estimate of drug-likeness (QED) is 0.802. The van der Waals surface area contributed by atoms with Crippen molar-refractivity contribution in [3.63, 3.8) is 0 Å². The molecule has 0 aromatic heterocycles. The molecule has 116 valence electrons. The van der Waals surface area contributed by atoms with Gasteiger partial charge in [-0.3, -0.25) is 4.79 Å². The molecule has 0 aliphatic carbocycles. The van der Waals surface area contributed by atoms with E-state index in [1.807, 2.05) is 12.1 Å². The maximum Gasteiger partial charge on any atom is 0.159 e. The number of benzene rings is 1. The molecule has 0 amide bonds. The number of anilines is 1. The number of Topliss-reactive ketones (excluding diaryl/α,β-unsaturated/α-hetero) is 1. The summed E-state index contributed by atoms with van der Waals surface area (Å²) in [5, 5.41) is 0. The fourth-order valence-corrected chi connectivity index (χ4v) is 2.63. The highest BCUT2D eigenvalue weighted by molar-refractivity contribution is 5.96. The highest BCUT2D eigenvalue weighted by Gasteiger charge is 2.26. The van der Waals surface area contributed by atoms with Crippen LogP contribution in [0.4, 0.5) is 5.69 Å². The van der Waals surface area contributed by atoms with Gasteiger partial charge < -0.3 is 14.4 Å². The number of morpholine rings is 1. The van der Waals surface area contributed by atoms with Crippen LogP contribution in [0.2, 0.25) is 0 Å². The van der Waals surface area contributed by atoms with Crippen LogP contribution < -0.4 is 9.64 Å². The van der Waals surface area contributed by atoms with Crippen molar-refractivity contribution in [1.82, 2.24) is 0 Å². The van der Waals surface area contributed by atoms with Crippen LogP contribution in [0.5, 0.6) is 5.75 Å². The first kappa shape index (κ1) is 15.8. The highest BCUT2D eigenvalue weighted by Crippen LogP contribution is 2.40. The fourth-order valence-electron chi connectivity index (χ4n) is 2.63. The molecular formula is C17H25NO3. The molecule has 0 saturated carbocycles. The third-order valence-corrected chi connectivity index (χ3v) is 3.84. The Labute approximate surface area is 127 Å². The second kappa shape index (κ2) is 6.06. The van der Waals surface area contributed by atoms with E-state index in [0.717, 1.165) is 35.7 Å². The average molecular weight is 291 g/mol. The molecule has 1 heterocycles. The Morgan fingerprint density at radius 2 is 1.86 bits per heavy atom. The Morgan fingerprint density at radius 1 is 1.24 bits per heavy atom. The van der Waals surface area contributed by atoms with E-state index >= 15 is 0 Å². The first-order valence-corrected chi connectivity index (χ1v) is 7.40. The van der Waals surface area contributed by atoms with E-state index in [-0.39, 0.29) is 11.2 Å². The Hall–Kier alpha value is -1.55. The van der Waals surface area contributed by atoms with Gasteiger partial charge in [-0.15, -0.1) is 0 Å². The van der Waals surface area contributed by atoms with E-state index in [2.05, 4.69) is 25.7 Å². The number of hydrogen-bond donors (Lipinski definition) is 0. The molecular weight excluding hydrogens is 266 g/mol. The molecule has 4 heteroatoms. The van der Waals surface area contributed by atoms with Crippen LogP contribution in [0.1, 0.15) is 43.6 Å². The van der Waals surface area contributed by atoms with Crippen molar-refractivity contribution in [2.24, 2.45) is 0 Å². The van der Waals surface area contributed by atoms with Gasteiger partial charge in [0.2, 0.25) is 0 Å². The molecule has 0 bridgehead atoms. The van der Waals surface area contributed by atoms with E-state index in [4.69, 9.17) is 9.47 Å². The summed E-state index contributed by atoms with van der Waals surface area (Å²) >= 11 is 0. The summed E-state index contributed by atoms with van der Waals surface area (Å²) in [4.78, 5) is 14.1. The molecule has 1 aromatic rings. The summed E-state index contributed by atoms with van der Waals surface area (Å²) < 4.78 is 11.1. The molecule has 1 fully saturated rings. The molecule has 1 aliphatic rings. The summed E-state index contributed by atoms with van der Waals surface area (Å²) in [6.45, 7) is 11.1. The summed E-state index contributed by atoms with van der Waals surface area (Å²) in [6.07, 6.45) is 0. The molecule has 21 heavy (non-hydrogen) atoms. The molecule has 0 unspecified atom stereocenters. The number of rotatable bonds is 3. The lowest BCUT2D eigenvalue weighted by atomic mass is 9.84. The summed E-state index contributed by atoms with van der Waals surface area (Å²) in [5.41, 5.74) is 2.72. The summed E-state index contributed by atoms with van der Waals surface area (Å²) in [5.74, 6) is 0.951. The molecule has 4 nitrogen and oxygen atoms in total. The van der Waals surface area contributed by atoms with Crippen LogP contribution in [-0.4, -0.2) is 39.2 Å². The number of hydrogen-bond acceptors (Lipinski definition) is 4. The van der Waals surface area contributed by atoms with Crippen molar-refractivity contribution in [2.75, 3.05) is 38.3 Å². The largest absolute Gasteiger partial charge is 0.494 e. The van der Waals surface area contributed by atoms with Crippen molar-refractivity contribution in [1.29, 1.82) is 0 Å². The predicted octanol–water partition coefficient (Wildman–Crippen LogP) is 3.03. The number of methoxy groups -OCH3 is 1. The third kappa shape index (κ3) is 3.38. The van der Waals surface area contributed by atoms with Crippen LogP contribution >= 0.6 is 0 Å². The third-order valence-electron chi connectivity index (χ3n) is 3.84. The minimum absolute atomic E-state index is 0.0812. The van der Waals surface area contributed by atoms with Crippen LogP contribution in [0.15, 0.2) is 12.1 Å². The van der Waals surface area contributed by atoms with Gasteiger partial charge in [0.15, 0.2) is 5.78 Å². The topological polar surface area (TPSA) is 38.8 Å².